The van der Waals surface area contributed by atoms with E-state index in [1.54, 1.807) is 0 Å². The van der Waals surface area contributed by atoms with Crippen molar-refractivity contribution in [2.75, 3.05) is 5.32 Å². The fourth-order valence-electron chi connectivity index (χ4n) is 4.07. The third-order valence-electron chi connectivity index (χ3n) is 5.64. The van der Waals surface area contributed by atoms with Gasteiger partial charge in [0.2, 0.25) is 5.95 Å². The maximum absolute atomic E-state index is 5.85. The van der Waals surface area contributed by atoms with Crippen molar-refractivity contribution in [3.05, 3.63) is 36.3 Å². The number of anilines is 1. The minimum absolute atomic E-state index is 0.301. The molecule has 2 aliphatic rings. The standard InChI is InChI=1S/C20H23N7/c1-3-14-11(2)23-17-5-4-16(25-19(14)17)15-6-7-27-18(15)10-22-20(26-27)24-13-8-12(21)9-13/h4-7,10,12-14H,3,8-9,21H2,1-2H3,(H,24,26)/t12?,13?,14-/m1/s1. The number of fused-ring (bicyclic) bond motifs is 2. The van der Waals surface area contributed by atoms with Crippen LogP contribution in [0.15, 0.2) is 35.6 Å². The molecule has 3 aromatic heterocycles. The molecular formula is C20H23N7. The Kier molecular flexibility index (Phi) is 3.72. The molecule has 1 saturated carbocycles. The van der Waals surface area contributed by atoms with Gasteiger partial charge in [0.25, 0.3) is 0 Å². The molecule has 0 amide bonds. The fraction of sp³-hybridized carbons (Fsp3) is 0.400. The molecule has 0 bridgehead atoms. The topological polar surface area (TPSA) is 93.5 Å². The second-order valence-corrected chi connectivity index (χ2v) is 7.53. The molecule has 1 aliphatic carbocycles. The van der Waals surface area contributed by atoms with Gasteiger partial charge < -0.3 is 11.1 Å². The van der Waals surface area contributed by atoms with E-state index in [-0.39, 0.29) is 0 Å². The van der Waals surface area contributed by atoms with Crippen molar-refractivity contribution in [3.8, 4) is 11.3 Å². The van der Waals surface area contributed by atoms with Gasteiger partial charge in [-0.25, -0.2) is 14.5 Å². The molecular weight excluding hydrogens is 338 g/mol. The monoisotopic (exact) mass is 361 g/mol. The van der Waals surface area contributed by atoms with Gasteiger partial charge in [0.15, 0.2) is 0 Å². The maximum Gasteiger partial charge on any atom is 0.241 e. The summed E-state index contributed by atoms with van der Waals surface area (Å²) in [4.78, 5) is 14.1. The lowest BCUT2D eigenvalue weighted by molar-refractivity contribution is 0.371. The van der Waals surface area contributed by atoms with Crippen LogP contribution in [0.3, 0.4) is 0 Å². The molecule has 5 rings (SSSR count). The molecule has 1 atom stereocenters. The van der Waals surface area contributed by atoms with E-state index in [2.05, 4.69) is 40.3 Å². The van der Waals surface area contributed by atoms with Crippen LogP contribution < -0.4 is 11.1 Å². The first kappa shape index (κ1) is 16.4. The lowest BCUT2D eigenvalue weighted by Gasteiger charge is -2.32. The first-order valence-electron chi connectivity index (χ1n) is 9.55. The number of nitrogens with zero attached hydrogens (tertiary/aromatic N) is 5. The normalized spacial score (nSPS) is 23.8. The number of pyridine rings is 1. The number of aromatic nitrogens is 4. The molecule has 7 nitrogen and oxygen atoms in total. The summed E-state index contributed by atoms with van der Waals surface area (Å²) in [5.74, 6) is 0.952. The Morgan fingerprint density at radius 2 is 2.11 bits per heavy atom. The molecule has 0 radical (unpaired) electrons. The molecule has 27 heavy (non-hydrogen) atoms. The van der Waals surface area contributed by atoms with Crippen LogP contribution in [0.5, 0.6) is 0 Å². The zero-order chi connectivity index (χ0) is 18.5. The van der Waals surface area contributed by atoms with Gasteiger partial charge in [-0.15, -0.1) is 5.10 Å². The molecule has 0 unspecified atom stereocenters. The third-order valence-corrected chi connectivity index (χ3v) is 5.64. The number of nitrogens with two attached hydrogens (primary N) is 1. The number of rotatable bonds is 4. The second-order valence-electron chi connectivity index (χ2n) is 7.53. The lowest BCUT2D eigenvalue weighted by Crippen LogP contribution is -2.44. The first-order chi connectivity index (χ1) is 13.1. The van der Waals surface area contributed by atoms with E-state index in [9.17, 15) is 0 Å². The van der Waals surface area contributed by atoms with Gasteiger partial charge in [0.05, 0.1) is 28.8 Å². The van der Waals surface area contributed by atoms with Crippen LogP contribution in [0.4, 0.5) is 11.6 Å². The largest absolute Gasteiger partial charge is 0.350 e. The van der Waals surface area contributed by atoms with Crippen molar-refractivity contribution >= 4 is 22.9 Å². The van der Waals surface area contributed by atoms with Crippen molar-refractivity contribution in [2.45, 2.75) is 51.1 Å². The Hall–Kier alpha value is -2.80. The van der Waals surface area contributed by atoms with Crippen LogP contribution in [0, 0.1) is 0 Å². The van der Waals surface area contributed by atoms with E-state index in [4.69, 9.17) is 10.7 Å². The summed E-state index contributed by atoms with van der Waals surface area (Å²) < 4.78 is 1.86. The molecule has 0 saturated heterocycles. The number of nitrogens with one attached hydrogen (secondary N) is 1. The van der Waals surface area contributed by atoms with Crippen molar-refractivity contribution in [1.29, 1.82) is 0 Å². The summed E-state index contributed by atoms with van der Waals surface area (Å²) in [6, 6.07) is 6.82. The summed E-state index contributed by atoms with van der Waals surface area (Å²) in [6.07, 6.45) is 6.77. The Morgan fingerprint density at radius 3 is 2.89 bits per heavy atom. The van der Waals surface area contributed by atoms with Crippen molar-refractivity contribution in [2.24, 2.45) is 10.7 Å². The molecule has 0 spiro atoms. The predicted octanol–water partition coefficient (Wildman–Crippen LogP) is 3.29. The Bertz CT molecular complexity index is 1050. The van der Waals surface area contributed by atoms with Gasteiger partial charge in [-0.3, -0.25) is 4.99 Å². The van der Waals surface area contributed by atoms with Crippen LogP contribution >= 0.6 is 0 Å². The van der Waals surface area contributed by atoms with Crippen molar-refractivity contribution < 1.29 is 0 Å². The van der Waals surface area contributed by atoms with Crippen LogP contribution in [0.25, 0.3) is 16.8 Å². The van der Waals surface area contributed by atoms with Gasteiger partial charge >= 0.3 is 0 Å². The minimum atomic E-state index is 0.301. The minimum Gasteiger partial charge on any atom is -0.350 e. The summed E-state index contributed by atoms with van der Waals surface area (Å²) in [5, 5.41) is 7.94. The quantitative estimate of drug-likeness (QED) is 0.744. The molecule has 0 aromatic carbocycles. The highest BCUT2D eigenvalue weighted by atomic mass is 15.3. The average Bonchev–Trinajstić information content (AvgIpc) is 3.19. The van der Waals surface area contributed by atoms with E-state index in [0.717, 1.165) is 53.1 Å². The van der Waals surface area contributed by atoms with Crippen LogP contribution in [0.1, 0.15) is 44.7 Å². The zero-order valence-electron chi connectivity index (χ0n) is 15.6. The molecule has 138 valence electrons. The summed E-state index contributed by atoms with van der Waals surface area (Å²) >= 11 is 0. The van der Waals surface area contributed by atoms with Crippen molar-refractivity contribution in [3.63, 3.8) is 0 Å². The van der Waals surface area contributed by atoms with E-state index < -0.39 is 0 Å². The number of aliphatic imine (C=N–C) groups is 1. The van der Waals surface area contributed by atoms with E-state index in [1.165, 1.54) is 0 Å². The molecule has 7 heteroatoms. The SMILES string of the molecule is CC[C@@H]1C(C)=Nc2ccc(-c3ccn4nc(NC5CC(N)C5)ncc34)nc21. The Labute approximate surface area is 157 Å². The summed E-state index contributed by atoms with van der Waals surface area (Å²) in [5.41, 5.74) is 12.0. The average molecular weight is 361 g/mol. The smallest absolute Gasteiger partial charge is 0.241 e. The van der Waals surface area contributed by atoms with E-state index in [1.807, 2.05) is 29.0 Å². The predicted molar refractivity (Wildman–Crippen MR) is 107 cm³/mol. The van der Waals surface area contributed by atoms with Gasteiger partial charge in [0, 0.05) is 35.5 Å². The van der Waals surface area contributed by atoms with Gasteiger partial charge in [-0.2, -0.15) is 0 Å². The summed E-state index contributed by atoms with van der Waals surface area (Å²) in [7, 11) is 0. The molecule has 4 heterocycles. The first-order valence-corrected chi connectivity index (χ1v) is 9.55. The third kappa shape index (κ3) is 2.70. The van der Waals surface area contributed by atoms with Gasteiger partial charge in [-0.05, 0) is 44.4 Å². The van der Waals surface area contributed by atoms with E-state index in [0.29, 0.717) is 23.9 Å². The molecule has 1 aliphatic heterocycles. The Balaban J connectivity index is 1.47. The lowest BCUT2D eigenvalue weighted by atomic mass is 9.88. The van der Waals surface area contributed by atoms with Crippen molar-refractivity contribution in [1.82, 2.24) is 19.6 Å². The van der Waals surface area contributed by atoms with Crippen LogP contribution in [0.2, 0.25) is 0 Å². The van der Waals surface area contributed by atoms with Gasteiger partial charge in [-0.1, -0.05) is 6.92 Å². The number of hydrogen-bond donors (Lipinski definition) is 2. The molecule has 1 fully saturated rings. The highest BCUT2D eigenvalue weighted by Crippen LogP contribution is 2.38. The zero-order valence-corrected chi connectivity index (χ0v) is 15.6. The van der Waals surface area contributed by atoms with Crippen LogP contribution in [-0.2, 0) is 0 Å². The number of hydrogen-bond acceptors (Lipinski definition) is 6. The highest BCUT2D eigenvalue weighted by Gasteiger charge is 2.27. The van der Waals surface area contributed by atoms with Gasteiger partial charge in [0.1, 0.15) is 0 Å². The van der Waals surface area contributed by atoms with E-state index >= 15 is 0 Å². The second kappa shape index (κ2) is 6.13. The van der Waals surface area contributed by atoms with Crippen LogP contribution in [-0.4, -0.2) is 37.4 Å². The highest BCUT2D eigenvalue weighted by molar-refractivity contribution is 5.96. The molecule has 3 N–H and O–H groups in total. The fourth-order valence-corrected chi connectivity index (χ4v) is 4.07. The molecule has 3 aromatic rings. The summed E-state index contributed by atoms with van der Waals surface area (Å²) in [6.45, 7) is 4.26. The Morgan fingerprint density at radius 1 is 1.26 bits per heavy atom. The maximum atomic E-state index is 5.85.